The topological polar surface area (TPSA) is 70.9 Å². The predicted octanol–water partition coefficient (Wildman–Crippen LogP) is 1.96. The van der Waals surface area contributed by atoms with Crippen molar-refractivity contribution in [3.05, 3.63) is 11.4 Å². The van der Waals surface area contributed by atoms with Crippen LogP contribution in [-0.4, -0.2) is 32.9 Å². The Morgan fingerprint density at radius 1 is 1.16 bits per heavy atom. The van der Waals surface area contributed by atoms with Gasteiger partial charge in [0.2, 0.25) is 5.95 Å². The molecule has 19 heavy (non-hydrogen) atoms. The van der Waals surface area contributed by atoms with E-state index in [1.54, 1.807) is 0 Å². The van der Waals surface area contributed by atoms with Crippen molar-refractivity contribution in [2.24, 2.45) is 5.92 Å². The fraction of sp³-hybridized carbons (Fsp3) is 0.786. The normalized spacial score (nSPS) is 23.3. The molecule has 2 rings (SSSR count). The van der Waals surface area contributed by atoms with Gasteiger partial charge in [0.05, 0.1) is 17.5 Å². The van der Waals surface area contributed by atoms with E-state index in [1.807, 2.05) is 0 Å². The maximum absolute atomic E-state index is 9.66. The second kappa shape index (κ2) is 6.80. The zero-order valence-electron chi connectivity index (χ0n) is 11.9. The largest absolute Gasteiger partial charge is 0.393 e. The molecule has 0 aliphatic heterocycles. The molecule has 2 N–H and O–H groups in total. The van der Waals surface area contributed by atoms with E-state index in [2.05, 4.69) is 34.3 Å². The number of nitrogens with one attached hydrogen (secondary N) is 1. The molecule has 0 amide bonds. The van der Waals surface area contributed by atoms with Crippen LogP contribution in [0.3, 0.4) is 0 Å². The Hall–Kier alpha value is -1.23. The Morgan fingerprint density at radius 3 is 2.63 bits per heavy atom. The molecule has 0 radical (unpaired) electrons. The summed E-state index contributed by atoms with van der Waals surface area (Å²) in [5, 5.41) is 21.3. The van der Waals surface area contributed by atoms with E-state index in [0.717, 1.165) is 50.0 Å². The summed E-state index contributed by atoms with van der Waals surface area (Å²) in [5.74, 6) is 1.14. The molecule has 0 spiro atoms. The van der Waals surface area contributed by atoms with E-state index in [1.165, 1.54) is 6.42 Å². The number of aliphatic hydroxyl groups excluding tert-OH is 1. The SMILES string of the molecule is CCc1nnc(NCC2CCCC(O)C2)nc1CC. The third-order valence-electron chi connectivity index (χ3n) is 3.81. The van der Waals surface area contributed by atoms with E-state index in [4.69, 9.17) is 0 Å². The summed E-state index contributed by atoms with van der Waals surface area (Å²) in [4.78, 5) is 4.52. The highest BCUT2D eigenvalue weighted by molar-refractivity contribution is 5.25. The number of anilines is 1. The van der Waals surface area contributed by atoms with Gasteiger partial charge in [0.15, 0.2) is 0 Å². The first-order valence-electron chi connectivity index (χ1n) is 7.37. The quantitative estimate of drug-likeness (QED) is 0.850. The molecule has 2 atom stereocenters. The first kappa shape index (κ1) is 14.2. The van der Waals surface area contributed by atoms with Crippen molar-refractivity contribution in [2.45, 2.75) is 58.5 Å². The molecule has 1 saturated carbocycles. The molecule has 0 aromatic carbocycles. The first-order chi connectivity index (χ1) is 9.22. The molecule has 5 nitrogen and oxygen atoms in total. The highest BCUT2D eigenvalue weighted by atomic mass is 16.3. The van der Waals surface area contributed by atoms with Crippen molar-refractivity contribution < 1.29 is 5.11 Å². The van der Waals surface area contributed by atoms with E-state index >= 15 is 0 Å². The van der Waals surface area contributed by atoms with Crippen molar-refractivity contribution in [3.8, 4) is 0 Å². The smallest absolute Gasteiger partial charge is 0.242 e. The van der Waals surface area contributed by atoms with E-state index in [0.29, 0.717) is 11.9 Å². The van der Waals surface area contributed by atoms with Crippen molar-refractivity contribution in [3.63, 3.8) is 0 Å². The van der Waals surface area contributed by atoms with E-state index in [-0.39, 0.29) is 6.10 Å². The summed E-state index contributed by atoms with van der Waals surface area (Å²) in [6.07, 6.45) is 5.74. The Labute approximate surface area is 114 Å². The Kier molecular flexibility index (Phi) is 5.07. The van der Waals surface area contributed by atoms with E-state index in [9.17, 15) is 5.11 Å². The molecule has 1 fully saturated rings. The lowest BCUT2D eigenvalue weighted by molar-refractivity contribution is 0.104. The van der Waals surface area contributed by atoms with Crippen LogP contribution in [0.4, 0.5) is 5.95 Å². The molecule has 0 saturated heterocycles. The number of aliphatic hydroxyl groups is 1. The second-order valence-corrected chi connectivity index (χ2v) is 5.30. The number of aromatic nitrogens is 3. The van der Waals surface area contributed by atoms with Gasteiger partial charge in [0, 0.05) is 6.54 Å². The molecule has 2 unspecified atom stereocenters. The standard InChI is InChI=1S/C14H24N4O/c1-3-12-13(4-2)17-18-14(16-12)15-9-10-6-5-7-11(19)8-10/h10-11,19H,3-9H2,1-2H3,(H,15,16,18). The summed E-state index contributed by atoms with van der Waals surface area (Å²) in [5.41, 5.74) is 2.02. The third kappa shape index (κ3) is 3.86. The average Bonchev–Trinajstić information content (AvgIpc) is 2.45. The van der Waals surface area contributed by atoms with Crippen LogP contribution in [0.25, 0.3) is 0 Å². The van der Waals surface area contributed by atoms with Crippen LogP contribution in [0.15, 0.2) is 0 Å². The zero-order valence-corrected chi connectivity index (χ0v) is 11.9. The number of nitrogens with zero attached hydrogens (tertiary/aromatic N) is 3. The van der Waals surface area contributed by atoms with Gasteiger partial charge in [-0.05, 0) is 38.0 Å². The van der Waals surface area contributed by atoms with Crippen LogP contribution in [0, 0.1) is 5.92 Å². The fourth-order valence-electron chi connectivity index (χ4n) is 2.70. The zero-order chi connectivity index (χ0) is 13.7. The molecule has 1 aromatic rings. The highest BCUT2D eigenvalue weighted by Crippen LogP contribution is 2.24. The molecule has 1 heterocycles. The van der Waals surface area contributed by atoms with Gasteiger partial charge in [-0.2, -0.15) is 5.10 Å². The van der Waals surface area contributed by atoms with Crippen LogP contribution in [-0.2, 0) is 12.8 Å². The molecular weight excluding hydrogens is 240 g/mol. The number of aryl methyl sites for hydroxylation is 2. The summed E-state index contributed by atoms with van der Waals surface area (Å²) in [7, 11) is 0. The summed E-state index contributed by atoms with van der Waals surface area (Å²) in [6.45, 7) is 4.99. The van der Waals surface area contributed by atoms with Gasteiger partial charge in [-0.1, -0.05) is 20.3 Å². The lowest BCUT2D eigenvalue weighted by atomic mass is 9.87. The lowest BCUT2D eigenvalue weighted by Crippen LogP contribution is -2.25. The van der Waals surface area contributed by atoms with Gasteiger partial charge >= 0.3 is 0 Å². The maximum atomic E-state index is 9.66. The van der Waals surface area contributed by atoms with Crippen molar-refractivity contribution in [1.29, 1.82) is 0 Å². The van der Waals surface area contributed by atoms with Gasteiger partial charge in [0.1, 0.15) is 0 Å². The predicted molar refractivity (Wildman–Crippen MR) is 75.0 cm³/mol. The minimum Gasteiger partial charge on any atom is -0.393 e. The van der Waals surface area contributed by atoms with Crippen LogP contribution < -0.4 is 5.32 Å². The number of hydrogen-bond donors (Lipinski definition) is 2. The Balaban J connectivity index is 1.92. The van der Waals surface area contributed by atoms with Gasteiger partial charge in [-0.15, -0.1) is 5.10 Å². The third-order valence-corrected chi connectivity index (χ3v) is 3.81. The summed E-state index contributed by atoms with van der Waals surface area (Å²) >= 11 is 0. The van der Waals surface area contributed by atoms with Crippen molar-refractivity contribution in [1.82, 2.24) is 15.2 Å². The van der Waals surface area contributed by atoms with Crippen LogP contribution >= 0.6 is 0 Å². The highest BCUT2D eigenvalue weighted by Gasteiger charge is 2.20. The van der Waals surface area contributed by atoms with Gasteiger partial charge in [-0.3, -0.25) is 0 Å². The summed E-state index contributed by atoms with van der Waals surface area (Å²) < 4.78 is 0. The monoisotopic (exact) mass is 264 g/mol. The van der Waals surface area contributed by atoms with Crippen molar-refractivity contribution in [2.75, 3.05) is 11.9 Å². The lowest BCUT2D eigenvalue weighted by Gasteiger charge is -2.25. The van der Waals surface area contributed by atoms with Crippen LogP contribution in [0.2, 0.25) is 0 Å². The molecular formula is C14H24N4O. The number of hydrogen-bond acceptors (Lipinski definition) is 5. The Bertz CT molecular complexity index is 410. The fourth-order valence-corrected chi connectivity index (χ4v) is 2.70. The minimum absolute atomic E-state index is 0.131. The minimum atomic E-state index is -0.131. The summed E-state index contributed by atoms with van der Waals surface area (Å²) in [6, 6.07) is 0. The van der Waals surface area contributed by atoms with E-state index < -0.39 is 0 Å². The maximum Gasteiger partial charge on any atom is 0.242 e. The number of rotatable bonds is 5. The Morgan fingerprint density at radius 2 is 1.95 bits per heavy atom. The molecule has 1 aromatic heterocycles. The van der Waals surface area contributed by atoms with Crippen LogP contribution in [0.5, 0.6) is 0 Å². The molecule has 1 aliphatic rings. The first-order valence-corrected chi connectivity index (χ1v) is 7.37. The molecule has 0 bridgehead atoms. The van der Waals surface area contributed by atoms with Crippen LogP contribution in [0.1, 0.15) is 50.9 Å². The molecule has 106 valence electrons. The van der Waals surface area contributed by atoms with Crippen molar-refractivity contribution >= 4 is 5.95 Å². The molecule has 1 aliphatic carbocycles. The second-order valence-electron chi connectivity index (χ2n) is 5.30. The van der Waals surface area contributed by atoms with Gasteiger partial charge in [-0.25, -0.2) is 4.98 Å². The van der Waals surface area contributed by atoms with Gasteiger partial charge < -0.3 is 10.4 Å². The molecule has 5 heteroatoms. The van der Waals surface area contributed by atoms with Gasteiger partial charge in [0.25, 0.3) is 0 Å². The average molecular weight is 264 g/mol.